The third-order valence-electron chi connectivity index (χ3n) is 6.47. The molecule has 4 aromatic rings. The van der Waals surface area contributed by atoms with E-state index in [1.165, 1.54) is 12.1 Å². The van der Waals surface area contributed by atoms with Crippen molar-refractivity contribution in [3.63, 3.8) is 0 Å². The van der Waals surface area contributed by atoms with Crippen molar-refractivity contribution in [1.82, 2.24) is 29.5 Å². The van der Waals surface area contributed by atoms with Gasteiger partial charge in [-0.05, 0) is 30.3 Å². The van der Waals surface area contributed by atoms with Crippen LogP contribution < -0.4 is 10.1 Å². The van der Waals surface area contributed by atoms with Gasteiger partial charge in [0.25, 0.3) is 0 Å². The number of aromatic nitrogens is 5. The summed E-state index contributed by atoms with van der Waals surface area (Å²) in [5, 5.41) is 19.5. The number of imidazole rings is 1. The number of nitrogens with zero attached hydrogens (tertiary/aromatic N) is 5. The van der Waals surface area contributed by atoms with Crippen molar-refractivity contribution < 1.29 is 32.1 Å². The van der Waals surface area contributed by atoms with Gasteiger partial charge in [-0.3, -0.25) is 14.4 Å². The quantitative estimate of drug-likeness (QED) is 0.311. The van der Waals surface area contributed by atoms with Crippen molar-refractivity contribution in [2.75, 3.05) is 25.0 Å². The zero-order chi connectivity index (χ0) is 26.4. The van der Waals surface area contributed by atoms with E-state index in [1.807, 2.05) is 6.20 Å². The van der Waals surface area contributed by atoms with E-state index in [2.05, 4.69) is 30.4 Å². The van der Waals surface area contributed by atoms with Crippen LogP contribution in [-0.4, -0.2) is 72.6 Å². The van der Waals surface area contributed by atoms with Crippen LogP contribution in [0.4, 0.5) is 29.3 Å². The summed E-state index contributed by atoms with van der Waals surface area (Å²) in [5.74, 6) is 1.26. The average Bonchev–Trinajstić information content (AvgIpc) is 3.57. The Morgan fingerprint density at radius 1 is 1.18 bits per heavy atom. The Morgan fingerprint density at radius 3 is 2.68 bits per heavy atom. The molecule has 0 spiro atoms. The normalized spacial score (nSPS) is 22.6. The van der Waals surface area contributed by atoms with E-state index in [0.29, 0.717) is 48.5 Å². The molecule has 2 saturated heterocycles. The lowest BCUT2D eigenvalue weighted by Crippen LogP contribution is -2.53. The molecule has 0 aliphatic carbocycles. The summed E-state index contributed by atoms with van der Waals surface area (Å²) in [6.07, 6.45) is -4.67. The largest absolute Gasteiger partial charge is 0.488 e. The average molecular weight is 533 g/mol. The maximum atomic E-state index is 14.1. The first-order chi connectivity index (χ1) is 18.2. The molecule has 200 valence electrons. The number of H-pyrrole nitrogens is 1. The number of nitrogens with one attached hydrogen (secondary N) is 2. The number of rotatable bonds is 7. The molecule has 3 N–H and O–H groups in total. The fourth-order valence-corrected chi connectivity index (χ4v) is 4.52. The monoisotopic (exact) mass is 533 g/mol. The summed E-state index contributed by atoms with van der Waals surface area (Å²) < 4.78 is 65.1. The van der Waals surface area contributed by atoms with Gasteiger partial charge in [-0.25, -0.2) is 14.4 Å². The number of halogens is 4. The Morgan fingerprint density at radius 2 is 1.97 bits per heavy atom. The predicted molar refractivity (Wildman–Crippen MR) is 126 cm³/mol. The zero-order valence-corrected chi connectivity index (χ0v) is 19.8. The van der Waals surface area contributed by atoms with Gasteiger partial charge >= 0.3 is 6.18 Å². The number of aliphatic hydroxyl groups excluding tert-OH is 1. The molecular weight excluding hydrogens is 510 g/mol. The second kappa shape index (κ2) is 9.53. The Labute approximate surface area is 213 Å². The van der Waals surface area contributed by atoms with Crippen LogP contribution in [0.15, 0.2) is 48.8 Å². The summed E-state index contributed by atoms with van der Waals surface area (Å²) in [6, 6.07) is 8.05. The number of aliphatic hydroxyl groups is 1. The fourth-order valence-electron chi connectivity index (χ4n) is 4.52. The predicted octanol–water partition coefficient (Wildman–Crippen LogP) is 3.25. The second-order valence-corrected chi connectivity index (χ2v) is 9.28. The second-order valence-electron chi connectivity index (χ2n) is 9.28. The van der Waals surface area contributed by atoms with Crippen LogP contribution in [0, 0.1) is 0 Å². The van der Waals surface area contributed by atoms with Crippen molar-refractivity contribution in [3.05, 3.63) is 65.7 Å². The summed E-state index contributed by atoms with van der Waals surface area (Å²) in [7, 11) is 0. The summed E-state index contributed by atoms with van der Waals surface area (Å²) in [6.45, 7) is 1.70. The van der Waals surface area contributed by atoms with Gasteiger partial charge in [0.15, 0.2) is 12.0 Å². The van der Waals surface area contributed by atoms with Crippen LogP contribution in [0.3, 0.4) is 0 Å². The Hall–Kier alpha value is -3.75. The standard InChI is InChI=1S/C24H23F4N7O3/c25-21-18(36)12-37-22(21)17-7-19(33-32-17)31-23-29-6-5-20-30-14(9-35(20)23)8-34-10-16(11-34)38-15-3-1-13(2-4-15)24(26,27)28/h1-7,9,16,18,21-22,36H,8,10-12H2,(H2,29,31,32,33)/t18-,21+,22-/m1/s1. The van der Waals surface area contributed by atoms with Gasteiger partial charge in [0, 0.05) is 38.1 Å². The molecule has 3 atom stereocenters. The molecule has 0 bridgehead atoms. The van der Waals surface area contributed by atoms with E-state index < -0.39 is 30.1 Å². The van der Waals surface area contributed by atoms with E-state index in [0.717, 1.165) is 17.8 Å². The minimum atomic E-state index is -4.38. The number of aromatic amines is 1. The molecule has 2 aliphatic rings. The first-order valence-electron chi connectivity index (χ1n) is 11.9. The van der Waals surface area contributed by atoms with E-state index >= 15 is 0 Å². The third kappa shape index (κ3) is 4.89. The maximum Gasteiger partial charge on any atom is 0.416 e. The SMILES string of the molecule is O[C@@H]1CO[C@H](c2cc(Nc3nccc4nc(CN5CC(Oc6ccc(C(F)(F)F)cc6)C5)cn34)n[nH]2)[C@H]1F. The van der Waals surface area contributed by atoms with Gasteiger partial charge in [-0.2, -0.15) is 18.3 Å². The van der Waals surface area contributed by atoms with E-state index in [-0.39, 0.29) is 12.7 Å². The molecule has 2 fully saturated rings. The number of alkyl halides is 4. The lowest BCUT2D eigenvalue weighted by atomic mass is 10.1. The van der Waals surface area contributed by atoms with Crippen LogP contribution in [0.5, 0.6) is 5.75 Å². The van der Waals surface area contributed by atoms with Gasteiger partial charge in [-0.1, -0.05) is 0 Å². The van der Waals surface area contributed by atoms with Crippen molar-refractivity contribution in [2.24, 2.45) is 0 Å². The Balaban J connectivity index is 1.06. The lowest BCUT2D eigenvalue weighted by molar-refractivity contribution is -0.137. The molecule has 0 unspecified atom stereocenters. The van der Waals surface area contributed by atoms with Crippen molar-refractivity contribution in [3.8, 4) is 5.75 Å². The number of ether oxygens (including phenoxy) is 2. The maximum absolute atomic E-state index is 14.1. The summed E-state index contributed by atoms with van der Waals surface area (Å²) in [4.78, 5) is 11.1. The third-order valence-corrected chi connectivity index (χ3v) is 6.47. The molecule has 1 aromatic carbocycles. The number of hydrogen-bond acceptors (Lipinski definition) is 8. The first kappa shape index (κ1) is 24.6. The van der Waals surface area contributed by atoms with Gasteiger partial charge in [-0.15, -0.1) is 0 Å². The number of anilines is 2. The van der Waals surface area contributed by atoms with Crippen LogP contribution in [0.25, 0.3) is 5.65 Å². The Kier molecular flexibility index (Phi) is 6.16. The fraction of sp³-hybridized carbons (Fsp3) is 0.375. The van der Waals surface area contributed by atoms with Gasteiger partial charge in [0.05, 0.1) is 23.6 Å². The molecule has 6 rings (SSSR count). The molecule has 0 saturated carbocycles. The molecule has 0 amide bonds. The minimum absolute atomic E-state index is 0.0781. The van der Waals surface area contributed by atoms with E-state index in [4.69, 9.17) is 9.47 Å². The number of fused-ring (bicyclic) bond motifs is 1. The van der Waals surface area contributed by atoms with Crippen molar-refractivity contribution >= 4 is 17.4 Å². The number of benzene rings is 1. The topological polar surface area (TPSA) is 113 Å². The molecular formula is C24H23F4N7O3. The highest BCUT2D eigenvalue weighted by Crippen LogP contribution is 2.33. The van der Waals surface area contributed by atoms with Gasteiger partial charge < -0.3 is 19.9 Å². The summed E-state index contributed by atoms with van der Waals surface area (Å²) >= 11 is 0. The highest BCUT2D eigenvalue weighted by Gasteiger charge is 2.38. The van der Waals surface area contributed by atoms with Crippen LogP contribution >= 0.6 is 0 Å². The molecule has 10 nitrogen and oxygen atoms in total. The highest BCUT2D eigenvalue weighted by atomic mass is 19.4. The first-order valence-corrected chi connectivity index (χ1v) is 11.9. The van der Waals surface area contributed by atoms with Crippen molar-refractivity contribution in [2.45, 2.75) is 37.2 Å². The summed E-state index contributed by atoms with van der Waals surface area (Å²) in [5.41, 5.74) is 1.16. The molecule has 3 aromatic heterocycles. The Bertz CT molecular complexity index is 1420. The van der Waals surface area contributed by atoms with Crippen LogP contribution in [0.2, 0.25) is 0 Å². The smallest absolute Gasteiger partial charge is 0.416 e. The van der Waals surface area contributed by atoms with Gasteiger partial charge in [0.2, 0.25) is 5.95 Å². The molecule has 5 heterocycles. The zero-order valence-electron chi connectivity index (χ0n) is 19.8. The molecule has 0 radical (unpaired) electrons. The van der Waals surface area contributed by atoms with E-state index in [9.17, 15) is 22.7 Å². The minimum Gasteiger partial charge on any atom is -0.488 e. The van der Waals surface area contributed by atoms with Crippen LogP contribution in [0.1, 0.15) is 23.1 Å². The van der Waals surface area contributed by atoms with Crippen LogP contribution in [-0.2, 0) is 17.5 Å². The van der Waals surface area contributed by atoms with Crippen molar-refractivity contribution in [1.29, 1.82) is 0 Å². The molecule has 38 heavy (non-hydrogen) atoms. The number of likely N-dealkylation sites (tertiary alicyclic amines) is 1. The van der Waals surface area contributed by atoms with Gasteiger partial charge in [0.1, 0.15) is 29.7 Å². The highest BCUT2D eigenvalue weighted by molar-refractivity contribution is 5.54. The number of hydrogen-bond donors (Lipinski definition) is 3. The van der Waals surface area contributed by atoms with E-state index in [1.54, 1.807) is 22.7 Å². The molecule has 14 heteroatoms. The lowest BCUT2D eigenvalue weighted by Gasteiger charge is -2.38. The molecule has 2 aliphatic heterocycles.